The van der Waals surface area contributed by atoms with Gasteiger partial charge in [-0.05, 0) is 12.1 Å². The minimum absolute atomic E-state index is 0.0475. The maximum atomic E-state index is 13.6. The number of nitrogens with one attached hydrogen (secondary N) is 1. The van der Waals surface area contributed by atoms with Crippen LogP contribution in [0.4, 0.5) is 4.79 Å². The van der Waals surface area contributed by atoms with Crippen LogP contribution in [0.25, 0.3) is 0 Å². The SMILES string of the molecule is CN1C(=O)CC(N2CCN(C(=O)C3c4ccccc4Oc4ccccc43)CC2)NC1=O. The molecule has 160 valence electrons. The van der Waals surface area contributed by atoms with Crippen LogP contribution in [-0.4, -0.2) is 71.9 Å². The number of urea groups is 1. The maximum Gasteiger partial charge on any atom is 0.325 e. The van der Waals surface area contributed by atoms with Gasteiger partial charge in [0.25, 0.3) is 0 Å². The van der Waals surface area contributed by atoms with Gasteiger partial charge in [-0.25, -0.2) is 4.79 Å². The van der Waals surface area contributed by atoms with Gasteiger partial charge in [-0.15, -0.1) is 0 Å². The maximum absolute atomic E-state index is 13.6. The first kappa shape index (κ1) is 19.6. The molecule has 0 spiro atoms. The molecule has 3 heterocycles. The third-order valence-corrected chi connectivity index (χ3v) is 6.33. The standard InChI is InChI=1S/C23H24N4O4/c1-25-20(28)14-19(24-23(25)30)26-10-12-27(13-11-26)22(29)21-15-6-2-4-8-17(15)31-18-9-5-3-7-16(18)21/h2-9,19,21H,10-14H2,1H3,(H,24,30). The van der Waals surface area contributed by atoms with E-state index in [1.807, 2.05) is 53.4 Å². The van der Waals surface area contributed by atoms with Gasteiger partial charge in [-0.3, -0.25) is 19.4 Å². The summed E-state index contributed by atoms with van der Waals surface area (Å²) in [5.41, 5.74) is 1.75. The van der Waals surface area contributed by atoms with Crippen molar-refractivity contribution >= 4 is 17.8 Å². The van der Waals surface area contributed by atoms with Crippen molar-refractivity contribution in [3.63, 3.8) is 0 Å². The summed E-state index contributed by atoms with van der Waals surface area (Å²) in [5.74, 6) is 0.878. The van der Waals surface area contributed by atoms with Crippen LogP contribution in [0.2, 0.25) is 0 Å². The largest absolute Gasteiger partial charge is 0.457 e. The van der Waals surface area contributed by atoms with E-state index >= 15 is 0 Å². The second kappa shape index (κ2) is 7.70. The Morgan fingerprint density at radius 3 is 2.10 bits per heavy atom. The van der Waals surface area contributed by atoms with Crippen molar-refractivity contribution in [1.29, 1.82) is 0 Å². The summed E-state index contributed by atoms with van der Waals surface area (Å²) in [6, 6.07) is 15.0. The predicted molar refractivity (Wildman–Crippen MR) is 113 cm³/mol. The highest BCUT2D eigenvalue weighted by Crippen LogP contribution is 2.44. The lowest BCUT2D eigenvalue weighted by Gasteiger charge is -2.42. The van der Waals surface area contributed by atoms with Crippen molar-refractivity contribution in [3.05, 3.63) is 59.7 Å². The number of hydrogen-bond donors (Lipinski definition) is 1. The summed E-state index contributed by atoms with van der Waals surface area (Å²) in [6.07, 6.45) is -0.0744. The first-order valence-corrected chi connectivity index (χ1v) is 10.5. The number of amides is 4. The van der Waals surface area contributed by atoms with E-state index in [9.17, 15) is 14.4 Å². The highest BCUT2D eigenvalue weighted by Gasteiger charge is 2.38. The van der Waals surface area contributed by atoms with Crippen LogP contribution in [0, 0.1) is 0 Å². The number of nitrogens with zero attached hydrogens (tertiary/aromatic N) is 3. The van der Waals surface area contributed by atoms with E-state index in [0.29, 0.717) is 37.7 Å². The zero-order valence-electron chi connectivity index (χ0n) is 17.3. The van der Waals surface area contributed by atoms with E-state index in [-0.39, 0.29) is 30.4 Å². The Morgan fingerprint density at radius 2 is 1.52 bits per heavy atom. The molecule has 0 saturated carbocycles. The molecule has 0 aromatic heterocycles. The molecule has 8 nitrogen and oxygen atoms in total. The van der Waals surface area contributed by atoms with E-state index < -0.39 is 5.92 Å². The van der Waals surface area contributed by atoms with Crippen molar-refractivity contribution in [2.24, 2.45) is 0 Å². The van der Waals surface area contributed by atoms with Crippen LogP contribution in [0.15, 0.2) is 48.5 Å². The quantitative estimate of drug-likeness (QED) is 0.803. The van der Waals surface area contributed by atoms with Crippen molar-refractivity contribution < 1.29 is 19.1 Å². The number of piperazine rings is 1. The molecule has 2 aromatic carbocycles. The molecule has 8 heteroatoms. The Bertz CT molecular complexity index is 984. The summed E-state index contributed by atoms with van der Waals surface area (Å²) >= 11 is 0. The molecule has 0 radical (unpaired) electrons. The highest BCUT2D eigenvalue weighted by atomic mass is 16.5. The normalized spacial score (nSPS) is 21.8. The first-order valence-electron chi connectivity index (χ1n) is 10.5. The molecule has 31 heavy (non-hydrogen) atoms. The number of imide groups is 1. The molecule has 2 fully saturated rings. The molecule has 3 aliphatic heterocycles. The molecule has 0 bridgehead atoms. The van der Waals surface area contributed by atoms with Crippen molar-refractivity contribution in [1.82, 2.24) is 20.0 Å². The lowest BCUT2D eigenvalue weighted by Crippen LogP contribution is -2.62. The smallest absolute Gasteiger partial charge is 0.325 e. The van der Waals surface area contributed by atoms with Crippen molar-refractivity contribution in [2.75, 3.05) is 33.2 Å². The van der Waals surface area contributed by atoms with E-state index in [1.165, 1.54) is 7.05 Å². The van der Waals surface area contributed by atoms with Crippen LogP contribution in [0.5, 0.6) is 11.5 Å². The number of carbonyl (C=O) groups excluding carboxylic acids is 3. The van der Waals surface area contributed by atoms with Gasteiger partial charge in [-0.2, -0.15) is 0 Å². The van der Waals surface area contributed by atoms with Crippen LogP contribution in [-0.2, 0) is 9.59 Å². The lowest BCUT2D eigenvalue weighted by atomic mass is 9.86. The van der Waals surface area contributed by atoms with Gasteiger partial charge in [0.2, 0.25) is 11.8 Å². The van der Waals surface area contributed by atoms with Gasteiger partial charge < -0.3 is 15.0 Å². The third-order valence-electron chi connectivity index (χ3n) is 6.33. The second-order valence-corrected chi connectivity index (χ2v) is 8.09. The lowest BCUT2D eigenvalue weighted by molar-refractivity contribution is -0.136. The Hall–Kier alpha value is -3.39. The molecule has 3 aliphatic rings. The predicted octanol–water partition coefficient (Wildman–Crippen LogP) is 1.97. The number of para-hydroxylation sites is 2. The summed E-state index contributed by atoms with van der Waals surface area (Å²) in [6.45, 7) is 2.27. The average Bonchev–Trinajstić information content (AvgIpc) is 2.80. The summed E-state index contributed by atoms with van der Waals surface area (Å²) in [5, 5.41) is 2.87. The molecular formula is C23H24N4O4. The van der Waals surface area contributed by atoms with E-state index in [0.717, 1.165) is 16.0 Å². The van der Waals surface area contributed by atoms with Crippen LogP contribution in [0.1, 0.15) is 23.5 Å². The summed E-state index contributed by atoms with van der Waals surface area (Å²) in [4.78, 5) is 42.7. The molecule has 0 aliphatic carbocycles. The summed E-state index contributed by atoms with van der Waals surface area (Å²) < 4.78 is 6.02. The molecule has 1 N–H and O–H groups in total. The van der Waals surface area contributed by atoms with Gasteiger partial charge >= 0.3 is 6.03 Å². The van der Waals surface area contributed by atoms with Crippen molar-refractivity contribution in [3.8, 4) is 11.5 Å². The molecule has 1 atom stereocenters. The molecule has 5 rings (SSSR count). The zero-order valence-corrected chi connectivity index (χ0v) is 17.3. The van der Waals surface area contributed by atoms with Crippen LogP contribution < -0.4 is 10.1 Å². The average molecular weight is 420 g/mol. The molecule has 1 unspecified atom stereocenters. The number of ether oxygens (including phenoxy) is 1. The van der Waals surface area contributed by atoms with E-state index in [1.54, 1.807) is 0 Å². The van der Waals surface area contributed by atoms with Crippen molar-refractivity contribution in [2.45, 2.75) is 18.5 Å². The highest BCUT2D eigenvalue weighted by molar-refractivity contribution is 5.96. The Kier molecular flexibility index (Phi) is 4.86. The Labute approximate surface area is 180 Å². The number of hydrogen-bond acceptors (Lipinski definition) is 5. The zero-order chi connectivity index (χ0) is 21.5. The minimum atomic E-state index is -0.405. The van der Waals surface area contributed by atoms with Crippen LogP contribution in [0.3, 0.4) is 0 Å². The number of fused-ring (bicyclic) bond motifs is 2. The van der Waals surface area contributed by atoms with Gasteiger partial charge in [0.15, 0.2) is 0 Å². The van der Waals surface area contributed by atoms with Gasteiger partial charge in [-0.1, -0.05) is 36.4 Å². The van der Waals surface area contributed by atoms with Gasteiger partial charge in [0.1, 0.15) is 11.5 Å². The minimum Gasteiger partial charge on any atom is -0.457 e. The molecule has 2 saturated heterocycles. The van der Waals surface area contributed by atoms with Gasteiger partial charge in [0, 0.05) is 44.4 Å². The number of rotatable bonds is 2. The fourth-order valence-electron chi connectivity index (χ4n) is 4.54. The Balaban J connectivity index is 1.33. The molecular weight excluding hydrogens is 396 g/mol. The topological polar surface area (TPSA) is 82.2 Å². The summed E-state index contributed by atoms with van der Waals surface area (Å²) in [7, 11) is 1.48. The Morgan fingerprint density at radius 1 is 0.935 bits per heavy atom. The second-order valence-electron chi connectivity index (χ2n) is 8.09. The molecule has 4 amide bonds. The first-order chi connectivity index (χ1) is 15.0. The van der Waals surface area contributed by atoms with E-state index in [2.05, 4.69) is 10.2 Å². The fraction of sp³-hybridized carbons (Fsp3) is 0.348. The third kappa shape index (κ3) is 3.42. The molecule has 2 aromatic rings. The van der Waals surface area contributed by atoms with E-state index in [4.69, 9.17) is 4.74 Å². The number of benzene rings is 2. The van der Waals surface area contributed by atoms with Gasteiger partial charge in [0.05, 0.1) is 18.5 Å². The fourth-order valence-corrected chi connectivity index (χ4v) is 4.54. The monoisotopic (exact) mass is 420 g/mol. The number of carbonyl (C=O) groups is 3. The van der Waals surface area contributed by atoms with Crippen LogP contribution >= 0.6 is 0 Å².